The minimum absolute atomic E-state index is 0.603. The lowest BCUT2D eigenvalue weighted by molar-refractivity contribution is 0.658. The summed E-state index contributed by atoms with van der Waals surface area (Å²) in [6, 6.07) is 4.73. The Morgan fingerprint density at radius 2 is 1.50 bits per heavy atom. The Morgan fingerprint density at radius 1 is 0.875 bits per heavy atom. The number of rotatable bonds is 0. The summed E-state index contributed by atoms with van der Waals surface area (Å²) in [7, 11) is -1.25. The molecular weight excluding hydrogens is 224 g/mol. The lowest BCUT2D eigenvalue weighted by Crippen LogP contribution is -2.24. The van der Waals surface area contributed by atoms with Crippen LogP contribution in [-0.4, -0.2) is 16.1 Å². The minimum atomic E-state index is -0.644. The maximum absolute atomic E-state index is 2.52. The summed E-state index contributed by atoms with van der Waals surface area (Å²) in [5, 5.41) is 0. The highest BCUT2D eigenvalue weighted by atomic mass is 28.3. The lowest BCUT2D eigenvalue weighted by Gasteiger charge is -2.19. The molecule has 0 aromatic heterocycles. The molecule has 0 bridgehead atoms. The lowest BCUT2D eigenvalue weighted by atomic mass is 10.2. The van der Waals surface area contributed by atoms with Crippen LogP contribution in [0.15, 0.2) is 0 Å². The van der Waals surface area contributed by atoms with Crippen LogP contribution in [0.1, 0.15) is 33.1 Å². The van der Waals surface area contributed by atoms with Gasteiger partial charge in [0, 0.05) is 8.07 Å². The SMILES string of the molecule is CC1CCC[Si]1(C)C.CC1CC[Si](C)(C)C1. The van der Waals surface area contributed by atoms with Gasteiger partial charge in [-0.1, -0.05) is 77.4 Å². The van der Waals surface area contributed by atoms with Crippen LogP contribution in [0.2, 0.25) is 49.9 Å². The summed E-state index contributed by atoms with van der Waals surface area (Å²) in [6.07, 6.45) is 4.54. The minimum Gasteiger partial charge on any atom is -0.0693 e. The smallest absolute Gasteiger partial charge is 0.0502 e. The topological polar surface area (TPSA) is 0 Å². The highest BCUT2D eigenvalue weighted by Gasteiger charge is 2.32. The highest BCUT2D eigenvalue weighted by Crippen LogP contribution is 2.38. The fourth-order valence-electron chi connectivity index (χ4n) is 3.29. The molecule has 2 aliphatic rings. The third-order valence-electron chi connectivity index (χ3n) is 5.01. The van der Waals surface area contributed by atoms with Crippen LogP contribution in [0.4, 0.5) is 0 Å². The first-order chi connectivity index (χ1) is 7.23. The van der Waals surface area contributed by atoms with Crippen molar-refractivity contribution < 1.29 is 0 Å². The van der Waals surface area contributed by atoms with E-state index in [1.165, 1.54) is 19.3 Å². The van der Waals surface area contributed by atoms with Gasteiger partial charge in [-0.05, 0) is 11.5 Å². The van der Waals surface area contributed by atoms with Crippen LogP contribution in [0, 0.1) is 5.92 Å². The van der Waals surface area contributed by atoms with E-state index in [9.17, 15) is 0 Å². The fourth-order valence-corrected chi connectivity index (χ4v) is 9.45. The third-order valence-corrected chi connectivity index (χ3v) is 13.1. The zero-order chi connectivity index (χ0) is 12.4. The Kier molecular flexibility index (Phi) is 4.88. The first-order valence-corrected chi connectivity index (χ1v) is 13.9. The van der Waals surface area contributed by atoms with Gasteiger partial charge in [-0.3, -0.25) is 0 Å². The van der Waals surface area contributed by atoms with Gasteiger partial charge in [0.1, 0.15) is 0 Å². The molecule has 2 atom stereocenters. The molecule has 0 radical (unpaired) electrons. The molecule has 0 spiro atoms. The summed E-state index contributed by atoms with van der Waals surface area (Å²) in [5.74, 6) is 1.05. The van der Waals surface area contributed by atoms with Crippen molar-refractivity contribution in [3.63, 3.8) is 0 Å². The van der Waals surface area contributed by atoms with Crippen molar-refractivity contribution in [3.8, 4) is 0 Å². The van der Waals surface area contributed by atoms with Crippen LogP contribution in [0.3, 0.4) is 0 Å². The van der Waals surface area contributed by atoms with E-state index in [1.54, 1.807) is 18.1 Å². The van der Waals surface area contributed by atoms with Crippen molar-refractivity contribution >= 4 is 16.1 Å². The largest absolute Gasteiger partial charge is 0.0693 e. The maximum Gasteiger partial charge on any atom is 0.0502 e. The second kappa shape index (κ2) is 5.39. The molecule has 0 aromatic carbocycles. The van der Waals surface area contributed by atoms with Gasteiger partial charge in [-0.2, -0.15) is 0 Å². The Hall–Kier alpha value is 0.434. The van der Waals surface area contributed by atoms with Gasteiger partial charge in [0.15, 0.2) is 0 Å². The zero-order valence-electron chi connectivity index (χ0n) is 12.4. The molecule has 0 aromatic rings. The van der Waals surface area contributed by atoms with Crippen LogP contribution < -0.4 is 0 Å². The zero-order valence-corrected chi connectivity index (χ0v) is 14.4. The van der Waals surface area contributed by atoms with Crippen LogP contribution in [0.5, 0.6) is 0 Å². The third kappa shape index (κ3) is 4.36. The average molecular weight is 257 g/mol. The van der Waals surface area contributed by atoms with E-state index in [0.717, 1.165) is 11.5 Å². The monoisotopic (exact) mass is 256 g/mol. The Bertz CT molecular complexity index is 221. The summed E-state index contributed by atoms with van der Waals surface area (Å²) in [4.78, 5) is 0. The Labute approximate surface area is 105 Å². The van der Waals surface area contributed by atoms with E-state index >= 15 is 0 Å². The fraction of sp³-hybridized carbons (Fsp3) is 1.00. The van der Waals surface area contributed by atoms with Crippen molar-refractivity contribution in [1.82, 2.24) is 0 Å². The molecule has 0 aliphatic carbocycles. The molecule has 96 valence electrons. The number of hydrogen-bond donors (Lipinski definition) is 0. The van der Waals surface area contributed by atoms with Crippen molar-refractivity contribution in [2.24, 2.45) is 5.92 Å². The molecule has 2 unspecified atom stereocenters. The van der Waals surface area contributed by atoms with Gasteiger partial charge in [-0.25, -0.2) is 0 Å². The standard InChI is InChI=1S/2C7H16Si/c1-7-4-5-8(2,3)6-7;1-7-5-4-6-8(7,2)3/h2*7H,4-6H2,1-3H3. The molecule has 0 saturated carbocycles. The van der Waals surface area contributed by atoms with Gasteiger partial charge in [0.25, 0.3) is 0 Å². The molecule has 2 rings (SSSR count). The molecule has 0 amide bonds. The summed E-state index contributed by atoms with van der Waals surface area (Å²) in [6.45, 7) is 14.9. The predicted octanol–water partition coefficient (Wildman–Crippen LogP) is 5.61. The van der Waals surface area contributed by atoms with Gasteiger partial charge in [-0.15, -0.1) is 0 Å². The average Bonchev–Trinajstić information content (AvgIpc) is 2.58. The molecule has 2 fully saturated rings. The van der Waals surface area contributed by atoms with E-state index in [-0.39, 0.29) is 0 Å². The highest BCUT2D eigenvalue weighted by molar-refractivity contribution is 6.79. The molecule has 0 N–H and O–H groups in total. The van der Waals surface area contributed by atoms with Crippen LogP contribution >= 0.6 is 0 Å². The van der Waals surface area contributed by atoms with Gasteiger partial charge < -0.3 is 0 Å². The first kappa shape index (κ1) is 14.5. The van der Waals surface area contributed by atoms with E-state index in [4.69, 9.17) is 0 Å². The first-order valence-electron chi connectivity index (χ1n) is 7.23. The molecule has 0 nitrogen and oxygen atoms in total. The van der Waals surface area contributed by atoms with Crippen LogP contribution in [-0.2, 0) is 0 Å². The second-order valence-corrected chi connectivity index (χ2v) is 18.5. The molecule has 2 aliphatic heterocycles. The predicted molar refractivity (Wildman–Crippen MR) is 81.8 cm³/mol. The normalized spacial score (nSPS) is 35.6. The van der Waals surface area contributed by atoms with Crippen molar-refractivity contribution in [3.05, 3.63) is 0 Å². The quantitative estimate of drug-likeness (QED) is 0.494. The van der Waals surface area contributed by atoms with Crippen molar-refractivity contribution in [1.29, 1.82) is 0 Å². The summed E-state index contributed by atoms with van der Waals surface area (Å²) >= 11 is 0. The van der Waals surface area contributed by atoms with E-state index in [2.05, 4.69) is 40.0 Å². The second-order valence-electron chi connectivity index (χ2n) is 7.79. The molecular formula is C14H32Si2. The van der Waals surface area contributed by atoms with E-state index in [0.29, 0.717) is 0 Å². The number of hydrogen-bond acceptors (Lipinski definition) is 0. The summed E-state index contributed by atoms with van der Waals surface area (Å²) in [5.41, 5.74) is 1.10. The van der Waals surface area contributed by atoms with Gasteiger partial charge in [0.2, 0.25) is 0 Å². The van der Waals surface area contributed by atoms with E-state index in [1.807, 2.05) is 0 Å². The van der Waals surface area contributed by atoms with Gasteiger partial charge in [0.05, 0.1) is 8.07 Å². The molecule has 2 saturated heterocycles. The van der Waals surface area contributed by atoms with Gasteiger partial charge >= 0.3 is 0 Å². The van der Waals surface area contributed by atoms with Crippen LogP contribution in [0.25, 0.3) is 0 Å². The Morgan fingerprint density at radius 3 is 1.62 bits per heavy atom. The van der Waals surface area contributed by atoms with Crippen molar-refractivity contribution in [2.75, 3.05) is 0 Å². The summed E-state index contributed by atoms with van der Waals surface area (Å²) < 4.78 is 0. The molecule has 2 heteroatoms. The Balaban J connectivity index is 0.000000160. The molecule has 2 heterocycles. The maximum atomic E-state index is 2.52. The van der Waals surface area contributed by atoms with Crippen molar-refractivity contribution in [2.45, 2.75) is 83.0 Å². The molecule has 16 heavy (non-hydrogen) atoms. The van der Waals surface area contributed by atoms with E-state index < -0.39 is 16.1 Å².